The Balaban J connectivity index is 2.20. The number of ketones is 1. The molecule has 1 aliphatic rings. The Kier molecular flexibility index (Phi) is 5.66. The van der Waals surface area contributed by atoms with Crippen molar-refractivity contribution in [1.82, 2.24) is 0 Å². The molecule has 9 heteroatoms. The van der Waals surface area contributed by atoms with Crippen molar-refractivity contribution in [2.24, 2.45) is 0 Å². The van der Waals surface area contributed by atoms with E-state index in [1.54, 1.807) is 19.1 Å². The lowest BCUT2D eigenvalue weighted by Crippen LogP contribution is -2.35. The van der Waals surface area contributed by atoms with Crippen molar-refractivity contribution in [3.63, 3.8) is 0 Å². The Morgan fingerprint density at radius 2 is 2.12 bits per heavy atom. The Morgan fingerprint density at radius 1 is 1.42 bits per heavy atom. The molecule has 0 bridgehead atoms. The van der Waals surface area contributed by atoms with Crippen LogP contribution < -0.4 is 4.65 Å². The lowest BCUT2D eigenvalue weighted by atomic mass is 9.64. The summed E-state index contributed by atoms with van der Waals surface area (Å²) in [6, 6.07) is 4.79. The van der Waals surface area contributed by atoms with E-state index in [0.29, 0.717) is 18.4 Å². The maximum atomic E-state index is 12.1. The molecule has 1 aromatic carbocycles. The lowest BCUT2D eigenvalue weighted by molar-refractivity contribution is -0.118. The molecule has 130 valence electrons. The highest BCUT2D eigenvalue weighted by Gasteiger charge is 2.37. The van der Waals surface area contributed by atoms with E-state index in [0.717, 1.165) is 6.26 Å². The molecular weight excluding hydrogens is 335 g/mol. The van der Waals surface area contributed by atoms with E-state index < -0.39 is 28.9 Å². The molecule has 0 aromatic heterocycles. The van der Waals surface area contributed by atoms with Crippen molar-refractivity contribution < 1.29 is 32.4 Å². The fourth-order valence-corrected chi connectivity index (χ4v) is 2.81. The van der Waals surface area contributed by atoms with Crippen LogP contribution in [-0.4, -0.2) is 44.5 Å². The van der Waals surface area contributed by atoms with Crippen molar-refractivity contribution in [3.8, 4) is 5.75 Å². The Hall–Kier alpha value is -1.87. The van der Waals surface area contributed by atoms with Crippen molar-refractivity contribution in [3.05, 3.63) is 29.3 Å². The number of hydrogen-bond acceptors (Lipinski definition) is 7. The van der Waals surface area contributed by atoms with E-state index in [1.165, 1.54) is 6.07 Å². The first-order valence-corrected chi connectivity index (χ1v) is 9.60. The Morgan fingerprint density at radius 3 is 2.75 bits per heavy atom. The highest BCUT2D eigenvalue weighted by atomic mass is 32.2. The largest absolute Gasteiger partial charge is 0.535 e. The summed E-state index contributed by atoms with van der Waals surface area (Å²) in [5.74, 6) is -1.76. The first-order valence-electron chi connectivity index (χ1n) is 7.54. The average molecular weight is 354 g/mol. The topological polar surface area (TPSA) is 107 Å². The second kappa shape index (κ2) is 7.35. The summed E-state index contributed by atoms with van der Waals surface area (Å²) in [7, 11) is -4.67. The monoisotopic (exact) mass is 354 g/mol. The van der Waals surface area contributed by atoms with Gasteiger partial charge >= 0.3 is 13.1 Å². The molecule has 1 N–H and O–H groups in total. The summed E-state index contributed by atoms with van der Waals surface area (Å²) in [6.07, 6.45) is 1.92. The predicted molar refractivity (Wildman–Crippen MR) is 87.5 cm³/mol. The molecule has 0 saturated heterocycles. The van der Waals surface area contributed by atoms with Gasteiger partial charge in [-0.15, -0.1) is 0 Å². The number of ether oxygens (including phenoxy) is 1. The van der Waals surface area contributed by atoms with Gasteiger partial charge in [-0.05, 0) is 18.1 Å². The average Bonchev–Trinajstić information content (AvgIpc) is 2.52. The molecule has 1 atom stereocenters. The Bertz CT molecular complexity index is 744. The molecule has 0 aliphatic carbocycles. The number of carbonyl (C=O) groups is 2. The summed E-state index contributed by atoms with van der Waals surface area (Å²) in [6.45, 7) is 1.75. The molecule has 1 aliphatic heterocycles. The van der Waals surface area contributed by atoms with Crippen LogP contribution in [-0.2, 0) is 25.8 Å². The minimum atomic E-state index is -3.46. The number of rotatable bonds is 6. The normalized spacial score (nSPS) is 17.0. The van der Waals surface area contributed by atoms with Crippen LogP contribution in [0.25, 0.3) is 0 Å². The van der Waals surface area contributed by atoms with Crippen LogP contribution in [0.4, 0.5) is 0 Å². The number of Topliss-reactive ketones (excluding diaryl/α,β-unsaturated/α-hetero) is 1. The van der Waals surface area contributed by atoms with Crippen LogP contribution in [0.15, 0.2) is 18.2 Å². The zero-order valence-corrected chi connectivity index (χ0v) is 14.3. The quantitative estimate of drug-likeness (QED) is 0.600. The lowest BCUT2D eigenvalue weighted by Gasteiger charge is -2.28. The second-order valence-corrected chi connectivity index (χ2v) is 7.93. The van der Waals surface area contributed by atoms with Crippen molar-refractivity contribution in [2.75, 3.05) is 12.2 Å². The van der Waals surface area contributed by atoms with Crippen molar-refractivity contribution >= 4 is 28.7 Å². The maximum Gasteiger partial charge on any atom is 0.526 e. The molecule has 24 heavy (non-hydrogen) atoms. The molecule has 7 nitrogen and oxygen atoms in total. The number of esters is 1. The smallest absolute Gasteiger partial charge is 0.526 e. The number of sulfone groups is 1. The number of hydrogen-bond donors (Lipinski definition) is 1. The van der Waals surface area contributed by atoms with Gasteiger partial charge in [0, 0.05) is 24.9 Å². The molecular formula is C15H19BO7S. The first-order chi connectivity index (χ1) is 11.2. The third-order valence-electron chi connectivity index (χ3n) is 3.73. The molecule has 0 saturated carbocycles. The number of benzene rings is 1. The summed E-state index contributed by atoms with van der Waals surface area (Å²) in [5, 5.41) is 10.1. The molecule has 0 fully saturated rings. The van der Waals surface area contributed by atoms with Gasteiger partial charge < -0.3 is 14.4 Å². The van der Waals surface area contributed by atoms with E-state index in [1.807, 2.05) is 0 Å². The van der Waals surface area contributed by atoms with Crippen molar-refractivity contribution in [1.29, 1.82) is 0 Å². The van der Waals surface area contributed by atoms with Gasteiger partial charge in [-0.3, -0.25) is 4.79 Å². The van der Waals surface area contributed by atoms with Crippen LogP contribution in [0.3, 0.4) is 0 Å². The first kappa shape index (κ1) is 18.5. The van der Waals surface area contributed by atoms with Gasteiger partial charge in [0.05, 0.1) is 0 Å². The van der Waals surface area contributed by atoms with Crippen LogP contribution in [0.5, 0.6) is 5.75 Å². The van der Waals surface area contributed by atoms with Gasteiger partial charge in [0.15, 0.2) is 15.8 Å². The van der Waals surface area contributed by atoms with E-state index in [4.69, 9.17) is 9.39 Å². The molecule has 0 radical (unpaired) electrons. The van der Waals surface area contributed by atoms with Gasteiger partial charge in [-0.25, -0.2) is 13.2 Å². The molecule has 1 heterocycles. The third-order valence-corrected chi connectivity index (χ3v) is 4.27. The number of fused-ring (bicyclic) bond motifs is 1. The summed E-state index contributed by atoms with van der Waals surface area (Å²) >= 11 is 0. The predicted octanol–water partition coefficient (Wildman–Crippen LogP) is 1.00. The summed E-state index contributed by atoms with van der Waals surface area (Å²) in [4.78, 5) is 23.7. The third kappa shape index (κ3) is 4.58. The van der Waals surface area contributed by atoms with Gasteiger partial charge in [-0.1, -0.05) is 19.1 Å². The number of carbonyl (C=O) groups excluding carboxylic acids is 2. The number of para-hydroxylation sites is 1. The second-order valence-electron chi connectivity index (χ2n) is 5.84. The molecule has 0 spiro atoms. The maximum absolute atomic E-state index is 12.1. The van der Waals surface area contributed by atoms with E-state index in [9.17, 15) is 23.0 Å². The van der Waals surface area contributed by atoms with E-state index in [2.05, 4.69) is 0 Å². The molecule has 0 unspecified atom stereocenters. The van der Waals surface area contributed by atoms with E-state index in [-0.39, 0.29) is 29.3 Å². The van der Waals surface area contributed by atoms with Gasteiger partial charge in [0.25, 0.3) is 0 Å². The van der Waals surface area contributed by atoms with Crippen LogP contribution in [0.2, 0.25) is 5.82 Å². The van der Waals surface area contributed by atoms with E-state index >= 15 is 0 Å². The van der Waals surface area contributed by atoms with Crippen LogP contribution >= 0.6 is 0 Å². The molecule has 2 rings (SSSR count). The van der Waals surface area contributed by atoms with Crippen LogP contribution in [0, 0.1) is 0 Å². The standard InChI is InChI=1S/C15H19BO7S/c1-3-12(17)8-11-7-10-5-4-6-13(14(10)23-16(11)19)15(18)22-9-24(2,20)21/h4-6,11,19H,3,7-9H2,1-2H3/t11-/m1/s1. The zero-order valence-electron chi connectivity index (χ0n) is 13.5. The fraction of sp³-hybridized carbons (Fsp3) is 0.467. The summed E-state index contributed by atoms with van der Waals surface area (Å²) < 4.78 is 32.4. The Labute approximate surface area is 141 Å². The highest BCUT2D eigenvalue weighted by molar-refractivity contribution is 7.90. The molecule has 1 aromatic rings. The fourth-order valence-electron chi connectivity index (χ4n) is 2.49. The van der Waals surface area contributed by atoms with Gasteiger partial charge in [0.2, 0.25) is 0 Å². The summed E-state index contributed by atoms with van der Waals surface area (Å²) in [5.41, 5.74) is 0.721. The molecule has 0 amide bonds. The highest BCUT2D eigenvalue weighted by Crippen LogP contribution is 2.36. The van der Waals surface area contributed by atoms with Crippen LogP contribution in [0.1, 0.15) is 35.7 Å². The SMILES string of the molecule is CCC(=O)C[C@H]1Cc2cccc(C(=O)OCS(C)(=O)=O)c2OB1O. The van der Waals surface area contributed by atoms with Gasteiger partial charge in [-0.2, -0.15) is 0 Å². The minimum absolute atomic E-state index is 0.0230. The van der Waals surface area contributed by atoms with Crippen molar-refractivity contribution in [2.45, 2.75) is 32.0 Å². The van der Waals surface area contributed by atoms with Gasteiger partial charge in [0.1, 0.15) is 17.1 Å². The zero-order chi connectivity index (χ0) is 17.9. The minimum Gasteiger partial charge on any atom is -0.535 e.